The van der Waals surface area contributed by atoms with Crippen molar-refractivity contribution in [1.82, 2.24) is 15.3 Å². The number of amides is 1. The number of ether oxygens (including phenoxy) is 1. The Kier molecular flexibility index (Phi) is 5.64. The lowest BCUT2D eigenvalue weighted by molar-refractivity contribution is -0.123. The van der Waals surface area contributed by atoms with Crippen LogP contribution in [0, 0.1) is 0 Å². The maximum atomic E-state index is 12.0. The van der Waals surface area contributed by atoms with Crippen molar-refractivity contribution in [3.63, 3.8) is 0 Å². The van der Waals surface area contributed by atoms with Gasteiger partial charge in [-0.3, -0.25) is 9.78 Å². The van der Waals surface area contributed by atoms with E-state index in [0.29, 0.717) is 39.3 Å². The number of carbonyl (C=O) groups excluding carboxylic acids is 1. The minimum absolute atomic E-state index is 0.142. The van der Waals surface area contributed by atoms with Gasteiger partial charge in [0.2, 0.25) is 5.89 Å². The number of carbonyl (C=O) groups is 1. The highest BCUT2D eigenvalue weighted by Crippen LogP contribution is 2.27. The standard InChI is InChI=1S/C21H15Cl2N3O3/c22-15-5-6-18(16(23)9-15)28-12-20(27)25-10-13-1-3-14(4-2-13)21-26-17-11-24-8-7-19(17)29-21/h1-9,11H,10,12H2,(H,25,27). The van der Waals surface area contributed by atoms with Crippen molar-refractivity contribution in [1.29, 1.82) is 0 Å². The smallest absolute Gasteiger partial charge is 0.258 e. The topological polar surface area (TPSA) is 77.2 Å². The van der Waals surface area contributed by atoms with E-state index in [2.05, 4.69) is 15.3 Å². The summed E-state index contributed by atoms with van der Waals surface area (Å²) in [4.78, 5) is 20.5. The second-order valence-electron chi connectivity index (χ2n) is 6.20. The summed E-state index contributed by atoms with van der Waals surface area (Å²) < 4.78 is 11.1. The Hall–Kier alpha value is -3.09. The van der Waals surface area contributed by atoms with Crippen LogP contribution in [0.4, 0.5) is 0 Å². The number of hydrogen-bond donors (Lipinski definition) is 1. The number of fused-ring (bicyclic) bond motifs is 1. The fraction of sp³-hybridized carbons (Fsp3) is 0.0952. The van der Waals surface area contributed by atoms with Crippen LogP contribution in [-0.2, 0) is 11.3 Å². The molecule has 6 nitrogen and oxygen atoms in total. The van der Waals surface area contributed by atoms with Gasteiger partial charge < -0.3 is 14.5 Å². The van der Waals surface area contributed by atoms with E-state index in [1.807, 2.05) is 24.3 Å². The number of pyridine rings is 1. The lowest BCUT2D eigenvalue weighted by Crippen LogP contribution is -2.28. The Morgan fingerprint density at radius 3 is 2.69 bits per heavy atom. The number of nitrogens with one attached hydrogen (secondary N) is 1. The van der Waals surface area contributed by atoms with Gasteiger partial charge in [0, 0.05) is 29.4 Å². The number of halogens is 2. The summed E-state index contributed by atoms with van der Waals surface area (Å²) in [6, 6.07) is 14.2. The molecule has 0 atom stereocenters. The number of nitrogens with zero attached hydrogens (tertiary/aromatic N) is 2. The first kappa shape index (κ1) is 19.2. The van der Waals surface area contributed by atoms with Crippen LogP contribution < -0.4 is 10.1 Å². The van der Waals surface area contributed by atoms with Crippen LogP contribution in [-0.4, -0.2) is 22.5 Å². The first-order valence-corrected chi connectivity index (χ1v) is 9.48. The van der Waals surface area contributed by atoms with E-state index < -0.39 is 0 Å². The third-order valence-electron chi connectivity index (χ3n) is 4.13. The quantitative estimate of drug-likeness (QED) is 0.473. The molecule has 0 aliphatic heterocycles. The number of rotatable bonds is 6. The van der Waals surface area contributed by atoms with Gasteiger partial charge in [0.15, 0.2) is 12.2 Å². The highest BCUT2D eigenvalue weighted by Gasteiger charge is 2.09. The van der Waals surface area contributed by atoms with Gasteiger partial charge in [0.1, 0.15) is 11.3 Å². The Bertz CT molecular complexity index is 1130. The summed E-state index contributed by atoms with van der Waals surface area (Å²) >= 11 is 11.9. The van der Waals surface area contributed by atoms with Gasteiger partial charge >= 0.3 is 0 Å². The third-order valence-corrected chi connectivity index (χ3v) is 4.66. The van der Waals surface area contributed by atoms with Crippen molar-refractivity contribution >= 4 is 40.2 Å². The second kappa shape index (κ2) is 8.51. The SMILES string of the molecule is O=C(COc1ccc(Cl)cc1Cl)NCc1ccc(-c2nc3cnccc3o2)cc1. The molecule has 0 saturated carbocycles. The molecule has 4 aromatic rings. The van der Waals surface area contributed by atoms with E-state index in [4.69, 9.17) is 32.4 Å². The first-order valence-electron chi connectivity index (χ1n) is 8.73. The van der Waals surface area contributed by atoms with E-state index in [-0.39, 0.29) is 12.5 Å². The summed E-state index contributed by atoms with van der Waals surface area (Å²) in [5.41, 5.74) is 3.17. The molecule has 1 N–H and O–H groups in total. The lowest BCUT2D eigenvalue weighted by atomic mass is 10.1. The fourth-order valence-corrected chi connectivity index (χ4v) is 3.12. The van der Waals surface area contributed by atoms with Gasteiger partial charge in [0.25, 0.3) is 5.91 Å². The van der Waals surface area contributed by atoms with Gasteiger partial charge in [-0.2, -0.15) is 0 Å². The molecule has 146 valence electrons. The number of hydrogen-bond acceptors (Lipinski definition) is 5. The molecule has 2 heterocycles. The maximum Gasteiger partial charge on any atom is 0.258 e. The molecule has 2 aromatic heterocycles. The molecule has 0 bridgehead atoms. The molecule has 0 aliphatic carbocycles. The summed E-state index contributed by atoms with van der Waals surface area (Å²) in [5, 5.41) is 3.66. The molecule has 0 radical (unpaired) electrons. The Morgan fingerprint density at radius 2 is 1.93 bits per heavy atom. The minimum Gasteiger partial charge on any atom is -0.482 e. The van der Waals surface area contributed by atoms with E-state index in [9.17, 15) is 4.79 Å². The average Bonchev–Trinajstić information content (AvgIpc) is 3.16. The molecular formula is C21H15Cl2N3O3. The van der Waals surface area contributed by atoms with Crippen LogP contribution in [0.25, 0.3) is 22.6 Å². The van der Waals surface area contributed by atoms with Crippen LogP contribution in [0.3, 0.4) is 0 Å². The van der Waals surface area contributed by atoms with Crippen molar-refractivity contribution in [2.24, 2.45) is 0 Å². The monoisotopic (exact) mass is 427 g/mol. The maximum absolute atomic E-state index is 12.0. The van der Waals surface area contributed by atoms with Gasteiger partial charge in [0.05, 0.1) is 11.2 Å². The van der Waals surface area contributed by atoms with E-state index in [1.54, 1.807) is 36.7 Å². The molecule has 0 spiro atoms. The van der Waals surface area contributed by atoms with Crippen LogP contribution in [0.5, 0.6) is 5.75 Å². The molecule has 8 heteroatoms. The van der Waals surface area contributed by atoms with Gasteiger partial charge in [-0.05, 0) is 35.9 Å². The predicted octanol–water partition coefficient (Wildman–Crippen LogP) is 4.89. The predicted molar refractivity (Wildman–Crippen MR) is 111 cm³/mol. The van der Waals surface area contributed by atoms with Gasteiger partial charge in [-0.15, -0.1) is 0 Å². The number of benzene rings is 2. The Balaban J connectivity index is 1.32. The highest BCUT2D eigenvalue weighted by atomic mass is 35.5. The molecule has 0 saturated heterocycles. The molecular weight excluding hydrogens is 413 g/mol. The normalized spacial score (nSPS) is 10.8. The number of aromatic nitrogens is 2. The van der Waals surface area contributed by atoms with Gasteiger partial charge in [-0.1, -0.05) is 35.3 Å². The Morgan fingerprint density at radius 1 is 1.10 bits per heavy atom. The average molecular weight is 428 g/mol. The van der Waals surface area contributed by atoms with E-state index >= 15 is 0 Å². The van der Waals surface area contributed by atoms with Crippen molar-refractivity contribution in [3.05, 3.63) is 76.5 Å². The molecule has 4 rings (SSSR count). The Labute approximate surface area is 176 Å². The molecule has 0 aliphatic rings. The summed E-state index contributed by atoms with van der Waals surface area (Å²) in [7, 11) is 0. The lowest BCUT2D eigenvalue weighted by Gasteiger charge is -2.09. The van der Waals surface area contributed by atoms with Crippen molar-refractivity contribution in [3.8, 4) is 17.2 Å². The summed E-state index contributed by atoms with van der Waals surface area (Å²) in [6.45, 7) is 0.227. The fourth-order valence-electron chi connectivity index (χ4n) is 2.66. The van der Waals surface area contributed by atoms with E-state index in [0.717, 1.165) is 11.1 Å². The van der Waals surface area contributed by atoms with E-state index in [1.165, 1.54) is 0 Å². The zero-order valence-corrected chi connectivity index (χ0v) is 16.6. The van der Waals surface area contributed by atoms with Crippen molar-refractivity contribution in [2.75, 3.05) is 6.61 Å². The minimum atomic E-state index is -0.258. The first-order chi connectivity index (χ1) is 14.1. The third kappa shape index (κ3) is 4.67. The zero-order valence-electron chi connectivity index (χ0n) is 15.1. The largest absolute Gasteiger partial charge is 0.482 e. The molecule has 0 fully saturated rings. The van der Waals surface area contributed by atoms with Crippen LogP contribution in [0.2, 0.25) is 10.0 Å². The zero-order chi connectivity index (χ0) is 20.2. The van der Waals surface area contributed by atoms with Crippen LogP contribution in [0.1, 0.15) is 5.56 Å². The number of oxazole rings is 1. The highest BCUT2D eigenvalue weighted by molar-refractivity contribution is 6.35. The molecule has 0 unspecified atom stereocenters. The van der Waals surface area contributed by atoms with Gasteiger partial charge in [-0.25, -0.2) is 4.98 Å². The second-order valence-corrected chi connectivity index (χ2v) is 7.04. The molecule has 2 aromatic carbocycles. The van der Waals surface area contributed by atoms with Crippen molar-refractivity contribution in [2.45, 2.75) is 6.54 Å². The van der Waals surface area contributed by atoms with Crippen molar-refractivity contribution < 1.29 is 13.9 Å². The van der Waals surface area contributed by atoms with Crippen LogP contribution >= 0.6 is 23.2 Å². The summed E-state index contributed by atoms with van der Waals surface area (Å²) in [5.74, 6) is 0.674. The van der Waals surface area contributed by atoms with Crippen LogP contribution in [0.15, 0.2) is 65.3 Å². The molecule has 1 amide bonds. The summed E-state index contributed by atoms with van der Waals surface area (Å²) in [6.07, 6.45) is 3.32. The molecule has 29 heavy (non-hydrogen) atoms.